The first-order valence-corrected chi connectivity index (χ1v) is 7.22. The molecular weight excluding hydrogens is 314 g/mol. The number of methoxy groups -OCH3 is 1. The van der Waals surface area contributed by atoms with E-state index in [9.17, 15) is 14.4 Å². The van der Waals surface area contributed by atoms with Gasteiger partial charge in [0.2, 0.25) is 0 Å². The smallest absolute Gasteiger partial charge is 0.326 e. The summed E-state index contributed by atoms with van der Waals surface area (Å²) < 4.78 is 5.98. The summed E-state index contributed by atoms with van der Waals surface area (Å²) >= 11 is 0. The minimum atomic E-state index is -1.22. The lowest BCUT2D eigenvalue weighted by Gasteiger charge is -2.13. The fourth-order valence-electron chi connectivity index (χ4n) is 2.03. The predicted molar refractivity (Wildman–Crippen MR) is 83.7 cm³/mol. The van der Waals surface area contributed by atoms with Crippen LogP contribution in [-0.2, 0) is 14.3 Å². The molecule has 8 nitrogen and oxygen atoms in total. The number of ether oxygens (including phenoxy) is 1. The maximum absolute atomic E-state index is 12.2. The van der Waals surface area contributed by atoms with E-state index in [1.54, 1.807) is 0 Å². The molecule has 2 rings (SSSR count). The molecule has 0 aliphatic heterocycles. The van der Waals surface area contributed by atoms with Crippen LogP contribution < -0.4 is 5.32 Å². The van der Waals surface area contributed by atoms with E-state index in [-0.39, 0.29) is 18.4 Å². The van der Waals surface area contributed by atoms with Crippen molar-refractivity contribution in [3.05, 3.63) is 48.3 Å². The molecule has 24 heavy (non-hydrogen) atoms. The fraction of sp³-hybridized carbons (Fsp3) is 0.250. The maximum atomic E-state index is 12.2. The van der Waals surface area contributed by atoms with E-state index in [1.165, 1.54) is 24.2 Å². The number of nitrogens with zero attached hydrogens (tertiary/aromatic N) is 2. The predicted octanol–water partition coefficient (Wildman–Crippen LogP) is 1.01. The van der Waals surface area contributed by atoms with Crippen LogP contribution in [0.4, 0.5) is 0 Å². The molecule has 0 unspecified atom stereocenters. The number of aromatic nitrogens is 2. The van der Waals surface area contributed by atoms with Gasteiger partial charge in [0.1, 0.15) is 6.04 Å². The van der Waals surface area contributed by atoms with E-state index >= 15 is 0 Å². The van der Waals surface area contributed by atoms with Crippen molar-refractivity contribution >= 4 is 17.8 Å². The Labute approximate surface area is 138 Å². The highest BCUT2D eigenvalue weighted by Crippen LogP contribution is 2.08. The number of benzene rings is 1. The number of esters is 1. The van der Waals surface area contributed by atoms with E-state index in [4.69, 9.17) is 5.11 Å². The van der Waals surface area contributed by atoms with Crippen LogP contribution in [0.2, 0.25) is 0 Å². The molecule has 0 saturated carbocycles. The molecule has 1 amide bonds. The number of carbonyl (C=O) groups is 3. The van der Waals surface area contributed by atoms with Gasteiger partial charge >= 0.3 is 11.9 Å². The molecular formula is C16H17N3O5. The molecule has 0 bridgehead atoms. The summed E-state index contributed by atoms with van der Waals surface area (Å²) in [5, 5.41) is 15.6. The second-order valence-electron chi connectivity index (χ2n) is 4.99. The molecule has 1 heterocycles. The fourth-order valence-corrected chi connectivity index (χ4v) is 2.03. The third-order valence-electron chi connectivity index (χ3n) is 3.33. The van der Waals surface area contributed by atoms with Gasteiger partial charge in [0.25, 0.3) is 5.91 Å². The van der Waals surface area contributed by atoms with Crippen LogP contribution in [0, 0.1) is 0 Å². The number of carboxylic acids is 1. The van der Waals surface area contributed by atoms with Gasteiger partial charge in [0.15, 0.2) is 0 Å². The number of rotatable bonds is 7. The largest absolute Gasteiger partial charge is 0.480 e. The third kappa shape index (κ3) is 4.42. The summed E-state index contributed by atoms with van der Waals surface area (Å²) in [4.78, 5) is 34.5. The van der Waals surface area contributed by atoms with E-state index in [0.29, 0.717) is 0 Å². The number of aliphatic carboxylic acids is 1. The molecule has 126 valence electrons. The number of para-hydroxylation sites is 1. The summed E-state index contributed by atoms with van der Waals surface area (Å²) in [7, 11) is 1.22. The second kappa shape index (κ2) is 7.91. The van der Waals surface area contributed by atoms with Crippen LogP contribution in [-0.4, -0.2) is 45.9 Å². The summed E-state index contributed by atoms with van der Waals surface area (Å²) in [6.07, 6.45) is 2.70. The highest BCUT2D eigenvalue weighted by Gasteiger charge is 2.22. The minimum absolute atomic E-state index is 0.0550. The van der Waals surface area contributed by atoms with Gasteiger partial charge in [-0.05, 0) is 18.6 Å². The maximum Gasteiger partial charge on any atom is 0.326 e. The van der Waals surface area contributed by atoms with Crippen LogP contribution in [0.15, 0.2) is 42.7 Å². The van der Waals surface area contributed by atoms with Crippen LogP contribution >= 0.6 is 0 Å². The van der Waals surface area contributed by atoms with Crippen molar-refractivity contribution in [1.82, 2.24) is 15.1 Å². The number of nitrogens with one attached hydrogen (secondary N) is 1. The average molecular weight is 331 g/mol. The molecule has 2 aromatic rings. The zero-order valence-electron chi connectivity index (χ0n) is 13.0. The average Bonchev–Trinajstić information content (AvgIpc) is 3.08. The molecule has 1 atom stereocenters. The van der Waals surface area contributed by atoms with Gasteiger partial charge in [-0.15, -0.1) is 0 Å². The Bertz CT molecular complexity index is 726. The molecule has 1 aromatic heterocycles. The number of hydrogen-bond acceptors (Lipinski definition) is 5. The number of amides is 1. The Kier molecular flexibility index (Phi) is 5.67. The standard InChI is InChI=1S/C16H17N3O5/c1-24-14(20)8-7-13(16(22)23)18-15(21)11-9-17-19(10-11)12-5-3-2-4-6-12/h2-6,9-10,13H,7-8H2,1H3,(H,18,21)(H,22,23)/t13-/m0/s1. The second-order valence-corrected chi connectivity index (χ2v) is 4.99. The monoisotopic (exact) mass is 331 g/mol. The molecule has 8 heteroatoms. The van der Waals surface area contributed by atoms with Crippen LogP contribution in [0.3, 0.4) is 0 Å². The number of carboxylic acid groups (broad SMARTS) is 1. The van der Waals surface area contributed by atoms with E-state index in [2.05, 4.69) is 15.2 Å². The van der Waals surface area contributed by atoms with Gasteiger partial charge in [-0.25, -0.2) is 9.48 Å². The first kappa shape index (κ1) is 17.2. The summed E-state index contributed by atoms with van der Waals surface area (Å²) in [6.45, 7) is 0. The molecule has 0 spiro atoms. The Balaban J connectivity index is 2.03. The SMILES string of the molecule is COC(=O)CC[C@H](NC(=O)c1cnn(-c2ccccc2)c1)C(=O)O. The van der Waals surface area contributed by atoms with Crippen molar-refractivity contribution in [3.63, 3.8) is 0 Å². The number of hydrogen-bond donors (Lipinski definition) is 2. The Morgan fingerprint density at radius 3 is 2.62 bits per heavy atom. The van der Waals surface area contributed by atoms with Crippen molar-refractivity contribution in [3.8, 4) is 5.69 Å². The lowest BCUT2D eigenvalue weighted by atomic mass is 10.1. The third-order valence-corrected chi connectivity index (χ3v) is 3.33. The van der Waals surface area contributed by atoms with Crippen LogP contribution in [0.25, 0.3) is 5.69 Å². The lowest BCUT2D eigenvalue weighted by molar-refractivity contribution is -0.142. The van der Waals surface area contributed by atoms with Gasteiger partial charge < -0.3 is 15.2 Å². The molecule has 1 aromatic carbocycles. The number of carbonyl (C=O) groups excluding carboxylic acids is 2. The summed E-state index contributed by atoms with van der Waals surface area (Å²) in [5.41, 5.74) is 1.00. The van der Waals surface area contributed by atoms with E-state index in [0.717, 1.165) is 5.69 Å². The quantitative estimate of drug-likeness (QED) is 0.733. The van der Waals surface area contributed by atoms with Crippen molar-refractivity contribution in [2.75, 3.05) is 7.11 Å². The minimum Gasteiger partial charge on any atom is -0.480 e. The zero-order chi connectivity index (χ0) is 17.5. The van der Waals surface area contributed by atoms with Crippen LogP contribution in [0.1, 0.15) is 23.2 Å². The van der Waals surface area contributed by atoms with Gasteiger partial charge in [-0.2, -0.15) is 5.10 Å². The molecule has 0 aliphatic rings. The Hall–Kier alpha value is -3.16. The molecule has 0 saturated heterocycles. The van der Waals surface area contributed by atoms with Crippen molar-refractivity contribution < 1.29 is 24.2 Å². The Morgan fingerprint density at radius 1 is 1.29 bits per heavy atom. The first-order chi connectivity index (χ1) is 11.5. The molecule has 0 radical (unpaired) electrons. The van der Waals surface area contributed by atoms with E-state index < -0.39 is 23.9 Å². The highest BCUT2D eigenvalue weighted by atomic mass is 16.5. The van der Waals surface area contributed by atoms with Gasteiger partial charge in [-0.1, -0.05) is 18.2 Å². The van der Waals surface area contributed by atoms with Gasteiger partial charge in [0.05, 0.1) is 24.6 Å². The van der Waals surface area contributed by atoms with Gasteiger partial charge in [-0.3, -0.25) is 9.59 Å². The van der Waals surface area contributed by atoms with E-state index in [1.807, 2.05) is 30.3 Å². The molecule has 2 N–H and O–H groups in total. The Morgan fingerprint density at radius 2 is 2.00 bits per heavy atom. The first-order valence-electron chi connectivity index (χ1n) is 7.22. The van der Waals surface area contributed by atoms with Crippen molar-refractivity contribution in [1.29, 1.82) is 0 Å². The van der Waals surface area contributed by atoms with Crippen molar-refractivity contribution in [2.24, 2.45) is 0 Å². The molecule has 0 fully saturated rings. The molecule has 0 aliphatic carbocycles. The lowest BCUT2D eigenvalue weighted by Crippen LogP contribution is -2.41. The zero-order valence-corrected chi connectivity index (χ0v) is 13.0. The van der Waals surface area contributed by atoms with Crippen LogP contribution in [0.5, 0.6) is 0 Å². The summed E-state index contributed by atoms with van der Waals surface area (Å²) in [5.74, 6) is -2.33. The van der Waals surface area contributed by atoms with Crippen molar-refractivity contribution in [2.45, 2.75) is 18.9 Å². The summed E-state index contributed by atoms with van der Waals surface area (Å²) in [6, 6.07) is 8.00. The van der Waals surface area contributed by atoms with Gasteiger partial charge in [0, 0.05) is 12.6 Å². The normalized spacial score (nSPS) is 11.5. The highest BCUT2D eigenvalue weighted by molar-refractivity contribution is 5.96. The topological polar surface area (TPSA) is 111 Å².